The van der Waals surface area contributed by atoms with Crippen molar-refractivity contribution in [3.8, 4) is 5.75 Å². The highest BCUT2D eigenvalue weighted by Crippen LogP contribution is 2.33. The van der Waals surface area contributed by atoms with Crippen molar-refractivity contribution in [1.29, 1.82) is 0 Å². The number of amidine groups is 1. The van der Waals surface area contributed by atoms with E-state index in [9.17, 15) is 13.2 Å². The fraction of sp³-hybridized carbons (Fsp3) is 0.200. The number of amides is 1. The fourth-order valence-electron chi connectivity index (χ4n) is 2.57. The van der Waals surface area contributed by atoms with Gasteiger partial charge in [-0.15, -0.1) is 4.40 Å². The first-order chi connectivity index (χ1) is 13.3. The van der Waals surface area contributed by atoms with Crippen LogP contribution in [-0.2, 0) is 14.8 Å². The Morgan fingerprint density at radius 1 is 1.11 bits per heavy atom. The summed E-state index contributed by atoms with van der Waals surface area (Å²) < 4.78 is 34.3. The minimum Gasteiger partial charge on any atom is -0.497 e. The average Bonchev–Trinajstić information content (AvgIpc) is 2.96. The highest BCUT2D eigenvalue weighted by Gasteiger charge is 2.34. The Morgan fingerprint density at radius 2 is 1.75 bits per heavy atom. The van der Waals surface area contributed by atoms with E-state index in [1.165, 1.54) is 17.0 Å². The molecule has 0 bridgehead atoms. The van der Waals surface area contributed by atoms with Crippen LogP contribution >= 0.6 is 11.8 Å². The molecule has 1 aliphatic rings. The summed E-state index contributed by atoms with van der Waals surface area (Å²) in [6.45, 7) is 3.99. The van der Waals surface area contributed by atoms with Crippen LogP contribution < -0.4 is 4.74 Å². The minimum absolute atomic E-state index is 0.0993. The number of hydrogen-bond donors (Lipinski definition) is 0. The third-order valence-corrected chi connectivity index (χ3v) is 6.54. The van der Waals surface area contributed by atoms with Crippen molar-refractivity contribution in [2.45, 2.75) is 18.7 Å². The highest BCUT2D eigenvalue weighted by atomic mass is 32.2. The average molecular weight is 417 g/mol. The molecule has 0 N–H and O–H groups in total. The van der Waals surface area contributed by atoms with E-state index >= 15 is 0 Å². The maximum Gasteiger partial charge on any atom is 0.284 e. The van der Waals surface area contributed by atoms with E-state index in [4.69, 9.17) is 4.74 Å². The number of thioether (sulfide) groups is 1. The van der Waals surface area contributed by atoms with E-state index in [2.05, 4.69) is 4.40 Å². The first kappa shape index (κ1) is 20.2. The molecule has 1 aliphatic heterocycles. The van der Waals surface area contributed by atoms with Crippen molar-refractivity contribution in [3.05, 3.63) is 64.6 Å². The Hall–Kier alpha value is -2.58. The Balaban J connectivity index is 1.93. The van der Waals surface area contributed by atoms with Gasteiger partial charge in [-0.3, -0.25) is 9.69 Å². The number of rotatable bonds is 5. The topological polar surface area (TPSA) is 76.0 Å². The lowest BCUT2D eigenvalue weighted by Crippen LogP contribution is -2.29. The molecule has 1 amide bonds. The van der Waals surface area contributed by atoms with Crippen LogP contribution in [0.2, 0.25) is 0 Å². The lowest BCUT2D eigenvalue weighted by Gasteiger charge is -2.12. The van der Waals surface area contributed by atoms with Gasteiger partial charge in [0.2, 0.25) is 0 Å². The number of benzene rings is 2. The van der Waals surface area contributed by atoms with E-state index in [1.54, 1.807) is 44.4 Å². The molecular formula is C20H20N2O4S2. The molecule has 0 unspecified atom stereocenters. The lowest BCUT2D eigenvalue weighted by atomic mass is 10.2. The highest BCUT2D eigenvalue weighted by molar-refractivity contribution is 8.19. The molecule has 3 rings (SSSR count). The van der Waals surface area contributed by atoms with Crippen LogP contribution in [0.3, 0.4) is 0 Å². The van der Waals surface area contributed by atoms with Gasteiger partial charge in [0.15, 0.2) is 5.17 Å². The lowest BCUT2D eigenvalue weighted by molar-refractivity contribution is -0.122. The van der Waals surface area contributed by atoms with Crippen LogP contribution in [0, 0.1) is 6.92 Å². The van der Waals surface area contributed by atoms with E-state index in [1.807, 2.05) is 19.1 Å². The number of carbonyl (C=O) groups is 1. The van der Waals surface area contributed by atoms with Gasteiger partial charge in [-0.05, 0) is 61.5 Å². The summed E-state index contributed by atoms with van der Waals surface area (Å²) in [6, 6.07) is 13.7. The molecule has 1 fully saturated rings. The number of ether oxygens (including phenoxy) is 1. The molecule has 8 heteroatoms. The van der Waals surface area contributed by atoms with Crippen LogP contribution in [-0.4, -0.2) is 38.0 Å². The molecule has 0 atom stereocenters. The molecule has 146 valence electrons. The van der Waals surface area contributed by atoms with Crippen molar-refractivity contribution in [3.63, 3.8) is 0 Å². The molecule has 0 saturated carbocycles. The molecule has 28 heavy (non-hydrogen) atoms. The molecule has 1 heterocycles. The quantitative estimate of drug-likeness (QED) is 0.695. The minimum atomic E-state index is -3.90. The van der Waals surface area contributed by atoms with Crippen molar-refractivity contribution in [1.82, 2.24) is 4.90 Å². The smallest absolute Gasteiger partial charge is 0.284 e. The predicted molar refractivity (Wildman–Crippen MR) is 112 cm³/mol. The zero-order valence-corrected chi connectivity index (χ0v) is 17.4. The van der Waals surface area contributed by atoms with E-state index < -0.39 is 10.0 Å². The second-order valence-electron chi connectivity index (χ2n) is 6.10. The molecule has 0 radical (unpaired) electrons. The summed E-state index contributed by atoms with van der Waals surface area (Å²) in [6.07, 6.45) is 1.72. The SMILES string of the molecule is CCN1C(=O)/C(=C/c2ccc(OC)cc2)S/C1=N/S(=O)(=O)c1ccc(C)cc1. The van der Waals surface area contributed by atoms with Crippen LogP contribution in [0.15, 0.2) is 62.7 Å². The zero-order valence-electron chi connectivity index (χ0n) is 15.7. The second-order valence-corrected chi connectivity index (χ2v) is 8.71. The van der Waals surface area contributed by atoms with Gasteiger partial charge in [0, 0.05) is 6.54 Å². The number of likely N-dealkylation sites (N-methyl/N-ethyl adjacent to an activating group) is 1. The van der Waals surface area contributed by atoms with Gasteiger partial charge in [0.25, 0.3) is 15.9 Å². The fourth-order valence-corrected chi connectivity index (χ4v) is 4.82. The van der Waals surface area contributed by atoms with Gasteiger partial charge >= 0.3 is 0 Å². The van der Waals surface area contributed by atoms with E-state index in [-0.39, 0.29) is 16.0 Å². The molecule has 1 saturated heterocycles. The number of carbonyl (C=O) groups excluding carboxylic acids is 1. The maximum atomic E-state index is 12.7. The second kappa shape index (κ2) is 8.20. The molecule has 0 spiro atoms. The summed E-state index contributed by atoms with van der Waals surface area (Å²) in [5, 5.41) is 0.160. The van der Waals surface area contributed by atoms with Gasteiger partial charge in [-0.2, -0.15) is 8.42 Å². The predicted octanol–water partition coefficient (Wildman–Crippen LogP) is 3.68. The summed E-state index contributed by atoms with van der Waals surface area (Å²) in [7, 11) is -2.32. The first-order valence-corrected chi connectivity index (χ1v) is 10.9. The van der Waals surface area contributed by atoms with Gasteiger partial charge in [-0.25, -0.2) is 0 Å². The third-order valence-electron chi connectivity index (χ3n) is 4.13. The Labute approximate surface area is 169 Å². The normalized spacial score (nSPS) is 17.5. The molecule has 2 aromatic carbocycles. The summed E-state index contributed by atoms with van der Waals surface area (Å²) in [5.74, 6) is 0.454. The van der Waals surface area contributed by atoms with Crippen molar-refractivity contribution in [2.75, 3.05) is 13.7 Å². The van der Waals surface area contributed by atoms with Gasteiger partial charge in [0.1, 0.15) is 5.75 Å². The van der Waals surface area contributed by atoms with Crippen LogP contribution in [0.4, 0.5) is 0 Å². The molecule has 6 nitrogen and oxygen atoms in total. The van der Waals surface area contributed by atoms with Crippen LogP contribution in [0.5, 0.6) is 5.75 Å². The number of nitrogens with zero attached hydrogens (tertiary/aromatic N) is 2. The van der Waals surface area contributed by atoms with E-state index in [0.29, 0.717) is 17.2 Å². The largest absolute Gasteiger partial charge is 0.497 e. The van der Waals surface area contributed by atoms with Crippen LogP contribution in [0.1, 0.15) is 18.1 Å². The van der Waals surface area contributed by atoms with Gasteiger partial charge in [0.05, 0.1) is 16.9 Å². The number of hydrogen-bond acceptors (Lipinski definition) is 5. The number of aryl methyl sites for hydroxylation is 1. The Bertz CT molecular complexity index is 1040. The molecule has 0 aliphatic carbocycles. The first-order valence-electron chi connectivity index (χ1n) is 8.61. The third kappa shape index (κ3) is 4.28. The zero-order chi connectivity index (χ0) is 20.3. The molecule has 0 aromatic heterocycles. The van der Waals surface area contributed by atoms with Crippen molar-refractivity contribution >= 4 is 38.9 Å². The molecular weight excluding hydrogens is 396 g/mol. The Kier molecular flexibility index (Phi) is 5.90. The van der Waals surface area contributed by atoms with E-state index in [0.717, 1.165) is 22.9 Å². The summed E-state index contributed by atoms with van der Waals surface area (Å²) >= 11 is 1.06. The maximum absolute atomic E-state index is 12.7. The number of methoxy groups -OCH3 is 1. The van der Waals surface area contributed by atoms with Crippen molar-refractivity contribution in [2.24, 2.45) is 4.40 Å². The Morgan fingerprint density at radius 3 is 2.32 bits per heavy atom. The van der Waals surface area contributed by atoms with Gasteiger partial charge < -0.3 is 4.74 Å². The summed E-state index contributed by atoms with van der Waals surface area (Å²) in [4.78, 5) is 14.6. The monoisotopic (exact) mass is 416 g/mol. The summed E-state index contributed by atoms with van der Waals surface area (Å²) in [5.41, 5.74) is 1.77. The number of sulfonamides is 1. The van der Waals surface area contributed by atoms with Gasteiger partial charge in [-0.1, -0.05) is 29.8 Å². The van der Waals surface area contributed by atoms with Crippen molar-refractivity contribution < 1.29 is 17.9 Å². The standard InChI is InChI=1S/C20H20N2O4S2/c1-4-22-19(23)18(13-15-7-9-16(26-3)10-8-15)27-20(22)21-28(24,25)17-11-5-14(2)6-12-17/h5-13H,4H2,1-3H3/b18-13-,21-20+. The van der Waals surface area contributed by atoms with Crippen LogP contribution in [0.25, 0.3) is 6.08 Å². The molecule has 2 aromatic rings.